The van der Waals surface area contributed by atoms with E-state index in [9.17, 15) is 9.59 Å². The highest BCUT2D eigenvalue weighted by atomic mass is 16.5. The van der Waals surface area contributed by atoms with Gasteiger partial charge in [-0.2, -0.15) is 0 Å². The lowest BCUT2D eigenvalue weighted by molar-refractivity contribution is -0.135. The summed E-state index contributed by atoms with van der Waals surface area (Å²) in [4.78, 5) is 35.6. The van der Waals surface area contributed by atoms with Crippen LogP contribution in [-0.4, -0.2) is 60.1 Å². The Labute approximate surface area is 210 Å². The lowest BCUT2D eigenvalue weighted by Crippen LogP contribution is -2.40. The van der Waals surface area contributed by atoms with Crippen molar-refractivity contribution in [3.8, 4) is 17.4 Å². The van der Waals surface area contributed by atoms with Crippen molar-refractivity contribution in [2.24, 2.45) is 0 Å². The number of carbonyl (C=O) groups excluding carboxylic acids is 2. The van der Waals surface area contributed by atoms with Crippen molar-refractivity contribution >= 4 is 17.5 Å². The van der Waals surface area contributed by atoms with Gasteiger partial charge in [-0.1, -0.05) is 24.3 Å². The van der Waals surface area contributed by atoms with Gasteiger partial charge in [0.05, 0.1) is 20.3 Å². The van der Waals surface area contributed by atoms with Crippen LogP contribution in [0.15, 0.2) is 48.9 Å². The summed E-state index contributed by atoms with van der Waals surface area (Å²) in [6, 6.07) is 11.3. The molecule has 0 saturated carbocycles. The van der Waals surface area contributed by atoms with Crippen molar-refractivity contribution < 1.29 is 23.8 Å². The standard InChI is InChI=1S/C27H30N4O5/c1-18-5-4-6-19(2)25(18)30-26(33)21-16-28-17-29-27(21)36-22-9-7-20(15-23(22)34-3)8-10-24(32)31-11-13-35-14-12-31/h4-7,9,15-17H,8,10-14H2,1-3H3,(H,30,33). The van der Waals surface area contributed by atoms with E-state index in [1.54, 1.807) is 13.2 Å². The van der Waals surface area contributed by atoms with Crippen molar-refractivity contribution in [2.75, 3.05) is 38.7 Å². The number of carbonyl (C=O) groups is 2. The molecule has 9 nitrogen and oxygen atoms in total. The minimum absolute atomic E-state index is 0.109. The zero-order valence-corrected chi connectivity index (χ0v) is 20.7. The first-order valence-corrected chi connectivity index (χ1v) is 11.8. The first kappa shape index (κ1) is 25.1. The van der Waals surface area contributed by atoms with Gasteiger partial charge >= 0.3 is 0 Å². The van der Waals surface area contributed by atoms with Crippen LogP contribution in [0, 0.1) is 13.8 Å². The Balaban J connectivity index is 1.47. The monoisotopic (exact) mass is 490 g/mol. The van der Waals surface area contributed by atoms with E-state index in [0.29, 0.717) is 50.6 Å². The Bertz CT molecular complexity index is 1220. The summed E-state index contributed by atoms with van der Waals surface area (Å²) in [7, 11) is 1.54. The lowest BCUT2D eigenvalue weighted by Gasteiger charge is -2.26. The van der Waals surface area contributed by atoms with Gasteiger partial charge in [0.1, 0.15) is 11.9 Å². The van der Waals surface area contributed by atoms with Crippen LogP contribution in [-0.2, 0) is 16.0 Å². The van der Waals surface area contributed by atoms with Gasteiger partial charge in [0, 0.05) is 31.4 Å². The van der Waals surface area contributed by atoms with Gasteiger partial charge in [0.25, 0.3) is 5.91 Å². The number of hydrogen-bond donors (Lipinski definition) is 1. The van der Waals surface area contributed by atoms with Crippen LogP contribution >= 0.6 is 0 Å². The molecule has 0 bridgehead atoms. The molecule has 0 aliphatic carbocycles. The summed E-state index contributed by atoms with van der Waals surface area (Å²) in [6.45, 7) is 6.30. The summed E-state index contributed by atoms with van der Waals surface area (Å²) in [6.07, 6.45) is 3.72. The number of aryl methyl sites for hydroxylation is 3. The minimum atomic E-state index is -0.375. The molecule has 1 aliphatic rings. The van der Waals surface area contributed by atoms with E-state index >= 15 is 0 Å². The van der Waals surface area contributed by atoms with Gasteiger partial charge in [-0.05, 0) is 49.1 Å². The second-order valence-electron chi connectivity index (χ2n) is 8.54. The maximum atomic E-state index is 13.1. The van der Waals surface area contributed by atoms with Gasteiger partial charge in [-0.3, -0.25) is 9.59 Å². The van der Waals surface area contributed by atoms with Crippen molar-refractivity contribution in [1.29, 1.82) is 0 Å². The molecular weight excluding hydrogens is 460 g/mol. The number of nitrogens with zero attached hydrogens (tertiary/aromatic N) is 3. The highest BCUT2D eigenvalue weighted by Gasteiger charge is 2.20. The number of benzene rings is 2. The summed E-state index contributed by atoms with van der Waals surface area (Å²) in [5.74, 6) is 0.729. The van der Waals surface area contributed by atoms with E-state index in [4.69, 9.17) is 14.2 Å². The van der Waals surface area contributed by atoms with Gasteiger partial charge in [0.15, 0.2) is 11.5 Å². The number of aromatic nitrogens is 2. The molecule has 2 aromatic carbocycles. The van der Waals surface area contributed by atoms with Gasteiger partial charge in [0.2, 0.25) is 11.8 Å². The molecule has 0 unspecified atom stereocenters. The van der Waals surface area contributed by atoms with Crippen LogP contribution in [0.3, 0.4) is 0 Å². The summed E-state index contributed by atoms with van der Waals surface area (Å²) in [5.41, 5.74) is 3.78. The van der Waals surface area contributed by atoms with E-state index in [1.165, 1.54) is 12.5 Å². The van der Waals surface area contributed by atoms with Crippen molar-refractivity contribution in [3.63, 3.8) is 0 Å². The first-order chi connectivity index (χ1) is 17.5. The van der Waals surface area contributed by atoms with Crippen molar-refractivity contribution in [3.05, 3.63) is 71.2 Å². The molecule has 2 heterocycles. The third-order valence-electron chi connectivity index (χ3n) is 6.07. The molecule has 1 aromatic heterocycles. The largest absolute Gasteiger partial charge is 0.493 e. The van der Waals surface area contributed by atoms with Gasteiger partial charge in [-0.25, -0.2) is 9.97 Å². The van der Waals surface area contributed by atoms with Crippen LogP contribution < -0.4 is 14.8 Å². The van der Waals surface area contributed by atoms with E-state index in [2.05, 4.69) is 15.3 Å². The normalized spacial score (nSPS) is 13.2. The Morgan fingerprint density at radius 2 is 1.83 bits per heavy atom. The topological polar surface area (TPSA) is 103 Å². The highest BCUT2D eigenvalue weighted by Crippen LogP contribution is 2.33. The Kier molecular flexibility index (Phi) is 8.12. The van der Waals surface area contributed by atoms with Crippen molar-refractivity contribution in [2.45, 2.75) is 26.7 Å². The Morgan fingerprint density at radius 1 is 1.08 bits per heavy atom. The Morgan fingerprint density at radius 3 is 2.56 bits per heavy atom. The molecule has 3 aromatic rings. The summed E-state index contributed by atoms with van der Waals surface area (Å²) >= 11 is 0. The van der Waals surface area contributed by atoms with Gasteiger partial charge < -0.3 is 24.4 Å². The Hall–Kier alpha value is -3.98. The third-order valence-corrected chi connectivity index (χ3v) is 6.07. The number of rotatable bonds is 8. The molecule has 1 N–H and O–H groups in total. The van der Waals surface area contributed by atoms with E-state index in [-0.39, 0.29) is 23.3 Å². The second kappa shape index (κ2) is 11.6. The second-order valence-corrected chi connectivity index (χ2v) is 8.54. The number of anilines is 1. The fourth-order valence-corrected chi connectivity index (χ4v) is 4.03. The van der Waals surface area contributed by atoms with Crippen LogP contribution in [0.4, 0.5) is 5.69 Å². The van der Waals surface area contributed by atoms with Crippen LogP contribution in [0.2, 0.25) is 0 Å². The van der Waals surface area contributed by atoms with Crippen LogP contribution in [0.5, 0.6) is 17.4 Å². The lowest BCUT2D eigenvalue weighted by atomic mass is 10.1. The molecule has 1 fully saturated rings. The third kappa shape index (κ3) is 5.98. The minimum Gasteiger partial charge on any atom is -0.493 e. The number of hydrogen-bond acceptors (Lipinski definition) is 7. The van der Waals surface area contributed by atoms with Crippen molar-refractivity contribution in [1.82, 2.24) is 14.9 Å². The fourth-order valence-electron chi connectivity index (χ4n) is 4.03. The molecule has 2 amide bonds. The molecule has 0 spiro atoms. The zero-order chi connectivity index (χ0) is 25.5. The molecule has 1 saturated heterocycles. The first-order valence-electron chi connectivity index (χ1n) is 11.8. The number of morpholine rings is 1. The quantitative estimate of drug-likeness (QED) is 0.510. The van der Waals surface area contributed by atoms with E-state index < -0.39 is 0 Å². The maximum absolute atomic E-state index is 13.1. The summed E-state index contributed by atoms with van der Waals surface area (Å²) < 4.78 is 16.8. The highest BCUT2D eigenvalue weighted by molar-refractivity contribution is 6.06. The molecule has 0 radical (unpaired) electrons. The maximum Gasteiger partial charge on any atom is 0.262 e. The van der Waals surface area contributed by atoms with E-state index in [0.717, 1.165) is 22.4 Å². The molecule has 1 aliphatic heterocycles. The van der Waals surface area contributed by atoms with E-state index in [1.807, 2.05) is 49.1 Å². The van der Waals surface area contributed by atoms with Gasteiger partial charge in [-0.15, -0.1) is 0 Å². The molecule has 0 atom stereocenters. The summed E-state index contributed by atoms with van der Waals surface area (Å²) in [5, 5.41) is 2.94. The predicted octanol–water partition coefficient (Wildman–Crippen LogP) is 3.94. The van der Waals surface area contributed by atoms with Crippen LogP contribution in [0.1, 0.15) is 33.5 Å². The average molecular weight is 491 g/mol. The molecule has 9 heteroatoms. The zero-order valence-electron chi connectivity index (χ0n) is 20.7. The number of methoxy groups -OCH3 is 1. The molecule has 188 valence electrons. The number of ether oxygens (including phenoxy) is 3. The molecular formula is C27H30N4O5. The predicted molar refractivity (Wildman–Crippen MR) is 135 cm³/mol. The SMILES string of the molecule is COc1cc(CCC(=O)N2CCOCC2)ccc1Oc1ncncc1C(=O)Nc1c(C)cccc1C. The number of nitrogens with one attached hydrogen (secondary N) is 1. The fraction of sp³-hybridized carbons (Fsp3) is 0.333. The molecule has 36 heavy (non-hydrogen) atoms. The number of para-hydroxylation sites is 1. The number of amides is 2. The molecule has 4 rings (SSSR count). The average Bonchev–Trinajstić information content (AvgIpc) is 2.90. The van der Waals surface area contributed by atoms with Crippen LogP contribution in [0.25, 0.3) is 0 Å². The smallest absolute Gasteiger partial charge is 0.262 e.